The summed E-state index contributed by atoms with van der Waals surface area (Å²) >= 11 is 3.25. The summed E-state index contributed by atoms with van der Waals surface area (Å²) < 4.78 is 2.03. The molecule has 0 radical (unpaired) electrons. The van der Waals surface area contributed by atoms with Crippen LogP contribution in [0.1, 0.15) is 44.2 Å². The average Bonchev–Trinajstić information content (AvgIpc) is 3.35. The van der Waals surface area contributed by atoms with E-state index in [2.05, 4.69) is 45.7 Å². The molecule has 0 bridgehead atoms. The highest BCUT2D eigenvalue weighted by Gasteiger charge is 2.31. The van der Waals surface area contributed by atoms with Gasteiger partial charge in [-0.25, -0.2) is 4.68 Å². The highest BCUT2D eigenvalue weighted by atomic mass is 32.2. The molecule has 8 nitrogen and oxygen atoms in total. The number of benzene rings is 1. The van der Waals surface area contributed by atoms with E-state index in [1.165, 1.54) is 16.9 Å². The molecule has 174 valence electrons. The first-order valence-corrected chi connectivity index (χ1v) is 13.0. The highest BCUT2D eigenvalue weighted by Crippen LogP contribution is 2.46. The molecule has 4 aromatic rings. The smallest absolute Gasteiger partial charge is 0.257 e. The largest absolute Gasteiger partial charge is 0.369 e. The fourth-order valence-corrected chi connectivity index (χ4v) is 6.01. The molecule has 0 fully saturated rings. The van der Waals surface area contributed by atoms with Crippen LogP contribution in [0.2, 0.25) is 0 Å². The molecular weight excluding hydrogens is 466 g/mol. The molecule has 1 aliphatic rings. The minimum Gasteiger partial charge on any atom is -0.369 e. The number of anilines is 2. The van der Waals surface area contributed by atoms with Crippen LogP contribution in [0.15, 0.2) is 42.6 Å². The summed E-state index contributed by atoms with van der Waals surface area (Å²) in [5.41, 5.74) is 5.74. The molecule has 1 unspecified atom stereocenters. The van der Waals surface area contributed by atoms with E-state index >= 15 is 0 Å². The summed E-state index contributed by atoms with van der Waals surface area (Å²) in [7, 11) is 0. The van der Waals surface area contributed by atoms with Crippen LogP contribution < -0.4 is 10.6 Å². The maximum Gasteiger partial charge on any atom is 0.257 e. The van der Waals surface area contributed by atoms with Crippen molar-refractivity contribution >= 4 is 40.0 Å². The number of nitrogens with one attached hydrogen (secondary N) is 2. The lowest BCUT2D eigenvalue weighted by Gasteiger charge is -2.19. The number of hydrogen-bond donors (Lipinski definition) is 2. The third kappa shape index (κ3) is 4.30. The van der Waals surface area contributed by atoms with Crippen LogP contribution in [0.3, 0.4) is 0 Å². The fourth-order valence-electron chi connectivity index (χ4n) is 4.13. The molecule has 0 aliphatic carbocycles. The minimum atomic E-state index is -0.186. The summed E-state index contributed by atoms with van der Waals surface area (Å²) in [6.45, 7) is 7.65. The van der Waals surface area contributed by atoms with Crippen LogP contribution in [-0.2, 0) is 6.54 Å². The van der Waals surface area contributed by atoms with E-state index in [9.17, 15) is 4.79 Å². The van der Waals surface area contributed by atoms with Gasteiger partial charge in [0.05, 0.1) is 10.9 Å². The first-order valence-electron chi connectivity index (χ1n) is 11.1. The van der Waals surface area contributed by atoms with Gasteiger partial charge < -0.3 is 5.32 Å². The van der Waals surface area contributed by atoms with E-state index in [4.69, 9.17) is 5.10 Å². The SMILES string of the molecule is CCn1nc(-c2ccccn2)c2c1NCCSC2c1ccc(C(=O)Nc2nnc(C)s2)cc1C. The Morgan fingerprint density at radius 1 is 1.24 bits per heavy atom. The monoisotopic (exact) mass is 491 g/mol. The van der Waals surface area contributed by atoms with E-state index in [0.29, 0.717) is 10.7 Å². The van der Waals surface area contributed by atoms with Gasteiger partial charge in [-0.15, -0.1) is 22.0 Å². The van der Waals surface area contributed by atoms with E-state index in [0.717, 1.165) is 52.2 Å². The lowest BCUT2D eigenvalue weighted by Crippen LogP contribution is -2.12. The molecule has 1 aromatic carbocycles. The number of aromatic nitrogens is 5. The summed E-state index contributed by atoms with van der Waals surface area (Å²) in [5, 5.41) is 20.7. The van der Waals surface area contributed by atoms with Crippen molar-refractivity contribution in [3.8, 4) is 11.4 Å². The molecule has 1 aliphatic heterocycles. The van der Waals surface area contributed by atoms with Crippen molar-refractivity contribution in [3.63, 3.8) is 0 Å². The van der Waals surface area contributed by atoms with Crippen LogP contribution in [-0.4, -0.2) is 43.2 Å². The Kier molecular flexibility index (Phi) is 6.34. The predicted octanol–water partition coefficient (Wildman–Crippen LogP) is 4.93. The number of carbonyl (C=O) groups excluding carboxylic acids is 1. The van der Waals surface area contributed by atoms with Crippen molar-refractivity contribution in [3.05, 3.63) is 69.9 Å². The van der Waals surface area contributed by atoms with Crippen molar-refractivity contribution in [2.45, 2.75) is 32.6 Å². The van der Waals surface area contributed by atoms with E-state index in [1.807, 2.05) is 53.7 Å². The number of pyridine rings is 1. The van der Waals surface area contributed by atoms with Gasteiger partial charge in [0.2, 0.25) is 5.13 Å². The van der Waals surface area contributed by atoms with Crippen LogP contribution in [0.5, 0.6) is 0 Å². The van der Waals surface area contributed by atoms with Gasteiger partial charge in [-0.1, -0.05) is 23.5 Å². The van der Waals surface area contributed by atoms with Crippen LogP contribution >= 0.6 is 23.1 Å². The standard InChI is InChI=1S/C24H25N7OS2/c1-4-31-22-19(20(30-31)18-7-5-6-10-25-18)21(33-12-11-26-22)17-9-8-16(13-14(17)2)23(32)27-24-29-28-15(3)34-24/h5-10,13,21,26H,4,11-12H2,1-3H3,(H,27,29,32). The summed E-state index contributed by atoms with van der Waals surface area (Å²) in [5.74, 6) is 1.82. The molecule has 5 rings (SSSR count). The summed E-state index contributed by atoms with van der Waals surface area (Å²) in [6, 6.07) is 11.8. The minimum absolute atomic E-state index is 0.0743. The third-order valence-corrected chi connectivity index (χ3v) is 7.72. The van der Waals surface area contributed by atoms with Crippen LogP contribution in [0.4, 0.5) is 10.9 Å². The summed E-state index contributed by atoms with van der Waals surface area (Å²) in [6.07, 6.45) is 1.80. The number of carbonyl (C=O) groups is 1. The first-order chi connectivity index (χ1) is 16.5. The lowest BCUT2D eigenvalue weighted by molar-refractivity contribution is 0.102. The second-order valence-electron chi connectivity index (χ2n) is 7.97. The van der Waals surface area contributed by atoms with Crippen molar-refractivity contribution in [1.29, 1.82) is 0 Å². The molecule has 1 amide bonds. The Morgan fingerprint density at radius 2 is 2.12 bits per heavy atom. The van der Waals surface area contributed by atoms with Gasteiger partial charge in [-0.3, -0.25) is 15.1 Å². The van der Waals surface area contributed by atoms with Gasteiger partial charge >= 0.3 is 0 Å². The van der Waals surface area contributed by atoms with E-state index in [-0.39, 0.29) is 11.2 Å². The van der Waals surface area contributed by atoms with Gasteiger partial charge in [0.25, 0.3) is 5.91 Å². The van der Waals surface area contributed by atoms with Crippen molar-refractivity contribution in [1.82, 2.24) is 25.0 Å². The van der Waals surface area contributed by atoms with E-state index in [1.54, 1.807) is 6.20 Å². The number of rotatable bonds is 5. The van der Waals surface area contributed by atoms with Gasteiger partial charge in [0.1, 0.15) is 16.5 Å². The second-order valence-corrected chi connectivity index (χ2v) is 10.4. The molecule has 1 atom stereocenters. The topological polar surface area (TPSA) is 97.6 Å². The Labute approximate surface area is 206 Å². The highest BCUT2D eigenvalue weighted by molar-refractivity contribution is 7.99. The zero-order valence-electron chi connectivity index (χ0n) is 19.2. The zero-order valence-corrected chi connectivity index (χ0v) is 20.8. The average molecular weight is 492 g/mol. The Hall–Kier alpha value is -3.24. The molecule has 4 heterocycles. The molecular formula is C24H25N7OS2. The number of nitrogens with zero attached hydrogens (tertiary/aromatic N) is 5. The number of hydrogen-bond acceptors (Lipinski definition) is 8. The predicted molar refractivity (Wildman–Crippen MR) is 138 cm³/mol. The normalized spacial score (nSPS) is 15.3. The summed E-state index contributed by atoms with van der Waals surface area (Å²) in [4.78, 5) is 17.4. The van der Waals surface area contributed by atoms with Crippen molar-refractivity contribution < 1.29 is 4.79 Å². The molecule has 0 saturated carbocycles. The van der Waals surface area contributed by atoms with Crippen molar-refractivity contribution in [2.75, 3.05) is 22.9 Å². The van der Waals surface area contributed by atoms with Gasteiger partial charge in [0.15, 0.2) is 0 Å². The van der Waals surface area contributed by atoms with Crippen molar-refractivity contribution in [2.24, 2.45) is 0 Å². The zero-order chi connectivity index (χ0) is 23.7. The first kappa shape index (κ1) is 22.5. The van der Waals surface area contributed by atoms with E-state index < -0.39 is 0 Å². The quantitative estimate of drug-likeness (QED) is 0.408. The number of amides is 1. The number of thioether (sulfide) groups is 1. The lowest BCUT2D eigenvalue weighted by atomic mass is 9.96. The van der Waals surface area contributed by atoms with Crippen LogP contribution in [0, 0.1) is 13.8 Å². The molecule has 0 spiro atoms. The maximum atomic E-state index is 12.8. The fraction of sp³-hybridized carbons (Fsp3) is 0.292. The third-order valence-electron chi connectivity index (χ3n) is 5.70. The molecule has 0 saturated heterocycles. The molecule has 3 aromatic heterocycles. The molecule has 2 N–H and O–H groups in total. The Morgan fingerprint density at radius 3 is 2.82 bits per heavy atom. The number of fused-ring (bicyclic) bond motifs is 1. The maximum absolute atomic E-state index is 12.8. The van der Waals surface area contributed by atoms with Gasteiger partial charge in [-0.05, 0) is 56.2 Å². The van der Waals surface area contributed by atoms with Gasteiger partial charge in [0, 0.05) is 36.2 Å². The second kappa shape index (κ2) is 9.55. The Balaban J connectivity index is 1.53. The molecule has 34 heavy (non-hydrogen) atoms. The Bertz CT molecular complexity index is 1330. The molecule has 10 heteroatoms. The van der Waals surface area contributed by atoms with Gasteiger partial charge in [-0.2, -0.15) is 5.10 Å². The number of aryl methyl sites for hydroxylation is 3. The van der Waals surface area contributed by atoms with Crippen LogP contribution in [0.25, 0.3) is 11.4 Å².